The van der Waals surface area contributed by atoms with Crippen LogP contribution in [0.1, 0.15) is 38.5 Å². The highest BCUT2D eigenvalue weighted by Crippen LogP contribution is 2.41. The second-order valence-corrected chi connectivity index (χ2v) is 8.42. The summed E-state index contributed by atoms with van der Waals surface area (Å²) in [6.45, 7) is 5.42. The molecule has 1 aromatic carbocycles. The molecule has 1 saturated heterocycles. The van der Waals surface area contributed by atoms with Gasteiger partial charge >= 0.3 is 0 Å². The molecule has 0 bridgehead atoms. The number of hydrogen-bond acceptors (Lipinski definition) is 6. The molecule has 6 heteroatoms. The molecule has 28 heavy (non-hydrogen) atoms. The van der Waals surface area contributed by atoms with E-state index >= 15 is 0 Å². The zero-order chi connectivity index (χ0) is 19.3. The van der Waals surface area contributed by atoms with Gasteiger partial charge in [-0.05, 0) is 49.8 Å². The van der Waals surface area contributed by atoms with Gasteiger partial charge in [-0.25, -0.2) is 0 Å². The average Bonchev–Trinajstić information content (AvgIpc) is 3.22. The predicted octanol–water partition coefficient (Wildman–Crippen LogP) is 2.69. The van der Waals surface area contributed by atoms with E-state index in [1.165, 1.54) is 25.8 Å². The highest BCUT2D eigenvalue weighted by molar-refractivity contribution is 5.79. The standard InChI is InChI=1S/C22H32N2O4/c25-15-19(26)14-18-6-4-17(5-7-18)8-9-23-10-12-24(13-11-23)20-2-1-3-21-22(20)28-16-27-21/h1-3,17-18,25H,4-16H2. The first-order valence-corrected chi connectivity index (χ1v) is 10.7. The Hall–Kier alpha value is -1.79. The maximum atomic E-state index is 11.4. The van der Waals surface area contributed by atoms with Crippen molar-refractivity contribution in [1.29, 1.82) is 0 Å². The Labute approximate surface area is 167 Å². The van der Waals surface area contributed by atoms with Crippen LogP contribution in [0.2, 0.25) is 0 Å². The van der Waals surface area contributed by atoms with Crippen LogP contribution in [-0.2, 0) is 4.79 Å². The van der Waals surface area contributed by atoms with E-state index in [2.05, 4.69) is 15.9 Å². The lowest BCUT2D eigenvalue weighted by Gasteiger charge is -2.37. The fraction of sp³-hybridized carbons (Fsp3) is 0.682. The van der Waals surface area contributed by atoms with Crippen molar-refractivity contribution < 1.29 is 19.4 Å². The number of benzene rings is 1. The molecule has 2 heterocycles. The van der Waals surface area contributed by atoms with Crippen molar-refractivity contribution >= 4 is 11.5 Å². The SMILES string of the molecule is O=C(CO)CC1CCC(CCN2CCN(c3cccc4c3OCO4)CC2)CC1. The summed E-state index contributed by atoms with van der Waals surface area (Å²) in [5, 5.41) is 8.91. The van der Waals surface area contributed by atoms with Gasteiger partial charge in [0.25, 0.3) is 0 Å². The van der Waals surface area contributed by atoms with Crippen molar-refractivity contribution in [2.45, 2.75) is 38.5 Å². The molecule has 2 aliphatic heterocycles. The Morgan fingerprint density at radius 2 is 1.79 bits per heavy atom. The van der Waals surface area contributed by atoms with E-state index in [4.69, 9.17) is 14.6 Å². The van der Waals surface area contributed by atoms with E-state index < -0.39 is 0 Å². The van der Waals surface area contributed by atoms with Crippen LogP contribution in [0.3, 0.4) is 0 Å². The third-order valence-corrected chi connectivity index (χ3v) is 6.60. The Kier molecular flexibility index (Phi) is 6.37. The Morgan fingerprint density at radius 1 is 1.04 bits per heavy atom. The van der Waals surface area contributed by atoms with Crippen LogP contribution in [0.4, 0.5) is 5.69 Å². The van der Waals surface area contributed by atoms with Crippen LogP contribution < -0.4 is 14.4 Å². The summed E-state index contributed by atoms with van der Waals surface area (Å²) in [5.41, 5.74) is 1.16. The van der Waals surface area contributed by atoms with Gasteiger partial charge in [0, 0.05) is 32.6 Å². The number of aliphatic hydroxyl groups excluding tert-OH is 1. The first-order valence-electron chi connectivity index (χ1n) is 10.7. The molecule has 4 rings (SSSR count). The number of carbonyl (C=O) groups is 1. The van der Waals surface area contributed by atoms with E-state index in [1.807, 2.05) is 12.1 Å². The second kappa shape index (κ2) is 9.14. The molecular weight excluding hydrogens is 356 g/mol. The van der Waals surface area contributed by atoms with Gasteiger partial charge < -0.3 is 19.5 Å². The molecular formula is C22H32N2O4. The van der Waals surface area contributed by atoms with Crippen LogP contribution in [-0.4, -0.2) is 61.9 Å². The van der Waals surface area contributed by atoms with Crippen LogP contribution in [0.25, 0.3) is 0 Å². The minimum absolute atomic E-state index is 0.00217. The Balaban J connectivity index is 1.18. The molecule has 0 atom stereocenters. The smallest absolute Gasteiger partial charge is 0.231 e. The van der Waals surface area contributed by atoms with E-state index in [0.717, 1.165) is 62.1 Å². The summed E-state index contributed by atoms with van der Waals surface area (Å²) in [6, 6.07) is 6.14. The molecule has 0 radical (unpaired) electrons. The van der Waals surface area contributed by atoms with Crippen LogP contribution >= 0.6 is 0 Å². The van der Waals surface area contributed by atoms with Gasteiger partial charge in [-0.2, -0.15) is 0 Å². The number of aliphatic hydroxyl groups is 1. The Bertz CT molecular complexity index is 665. The zero-order valence-corrected chi connectivity index (χ0v) is 16.6. The minimum atomic E-state index is -0.295. The van der Waals surface area contributed by atoms with Crippen LogP contribution in [0, 0.1) is 11.8 Å². The van der Waals surface area contributed by atoms with E-state index in [-0.39, 0.29) is 12.4 Å². The first kappa shape index (κ1) is 19.5. The normalized spacial score (nSPS) is 25.1. The number of para-hydroxylation sites is 1. The third kappa shape index (κ3) is 4.61. The monoisotopic (exact) mass is 388 g/mol. The van der Waals surface area contributed by atoms with Crippen molar-refractivity contribution in [2.24, 2.45) is 11.8 Å². The molecule has 0 amide bonds. The largest absolute Gasteiger partial charge is 0.454 e. The molecule has 6 nitrogen and oxygen atoms in total. The maximum absolute atomic E-state index is 11.4. The molecule has 0 aromatic heterocycles. The number of fused-ring (bicyclic) bond motifs is 1. The first-order chi connectivity index (χ1) is 13.7. The number of carbonyl (C=O) groups excluding carboxylic acids is 1. The van der Waals surface area contributed by atoms with Crippen molar-refractivity contribution in [2.75, 3.05) is 51.0 Å². The molecule has 1 aromatic rings. The molecule has 154 valence electrons. The lowest BCUT2D eigenvalue weighted by Crippen LogP contribution is -2.47. The molecule has 1 N–H and O–H groups in total. The lowest BCUT2D eigenvalue weighted by atomic mass is 9.78. The van der Waals surface area contributed by atoms with E-state index in [9.17, 15) is 4.79 Å². The number of anilines is 1. The summed E-state index contributed by atoms with van der Waals surface area (Å²) in [6.07, 6.45) is 6.59. The van der Waals surface area contributed by atoms with Crippen molar-refractivity contribution in [3.63, 3.8) is 0 Å². The van der Waals surface area contributed by atoms with E-state index in [0.29, 0.717) is 19.1 Å². The molecule has 0 unspecified atom stereocenters. The van der Waals surface area contributed by atoms with Gasteiger partial charge in [-0.1, -0.05) is 18.9 Å². The topological polar surface area (TPSA) is 62.2 Å². The molecule has 0 spiro atoms. The number of ketones is 1. The second-order valence-electron chi connectivity index (χ2n) is 8.42. The van der Waals surface area contributed by atoms with Gasteiger partial charge in [0.15, 0.2) is 17.3 Å². The molecule has 1 aliphatic carbocycles. The maximum Gasteiger partial charge on any atom is 0.231 e. The van der Waals surface area contributed by atoms with Gasteiger partial charge in [-0.3, -0.25) is 9.69 Å². The average molecular weight is 389 g/mol. The summed E-state index contributed by atoms with van der Waals surface area (Å²) in [4.78, 5) is 16.4. The number of ether oxygens (including phenoxy) is 2. The van der Waals surface area contributed by atoms with Crippen LogP contribution in [0.15, 0.2) is 18.2 Å². The molecule has 2 fully saturated rings. The summed E-state index contributed by atoms with van der Waals surface area (Å²) >= 11 is 0. The van der Waals surface area contributed by atoms with Crippen molar-refractivity contribution in [3.05, 3.63) is 18.2 Å². The van der Waals surface area contributed by atoms with Gasteiger partial charge in [0.1, 0.15) is 6.61 Å². The van der Waals surface area contributed by atoms with E-state index in [1.54, 1.807) is 0 Å². The highest BCUT2D eigenvalue weighted by Gasteiger charge is 2.26. The van der Waals surface area contributed by atoms with Crippen molar-refractivity contribution in [3.8, 4) is 11.5 Å². The summed E-state index contributed by atoms with van der Waals surface area (Å²) in [7, 11) is 0. The van der Waals surface area contributed by atoms with Crippen LogP contribution in [0.5, 0.6) is 11.5 Å². The highest BCUT2D eigenvalue weighted by atomic mass is 16.7. The number of hydrogen-bond donors (Lipinski definition) is 1. The molecule has 1 saturated carbocycles. The number of Topliss-reactive ketones (excluding diaryl/α,β-unsaturated/α-hetero) is 1. The number of rotatable bonds is 7. The molecule has 3 aliphatic rings. The van der Waals surface area contributed by atoms with Gasteiger partial charge in [-0.15, -0.1) is 0 Å². The quantitative estimate of drug-likeness (QED) is 0.775. The van der Waals surface area contributed by atoms with Gasteiger partial charge in [0.05, 0.1) is 5.69 Å². The fourth-order valence-corrected chi connectivity index (χ4v) is 4.85. The minimum Gasteiger partial charge on any atom is -0.454 e. The van der Waals surface area contributed by atoms with Gasteiger partial charge in [0.2, 0.25) is 6.79 Å². The predicted molar refractivity (Wildman–Crippen MR) is 108 cm³/mol. The summed E-state index contributed by atoms with van der Waals surface area (Å²) < 4.78 is 11.2. The number of piperazine rings is 1. The third-order valence-electron chi connectivity index (χ3n) is 6.60. The zero-order valence-electron chi connectivity index (χ0n) is 16.6. The Morgan fingerprint density at radius 3 is 2.54 bits per heavy atom. The number of nitrogens with zero attached hydrogens (tertiary/aromatic N) is 2. The summed E-state index contributed by atoms with van der Waals surface area (Å²) in [5.74, 6) is 3.05. The lowest BCUT2D eigenvalue weighted by molar-refractivity contribution is -0.122. The van der Waals surface area contributed by atoms with Crippen molar-refractivity contribution in [1.82, 2.24) is 4.90 Å². The fourth-order valence-electron chi connectivity index (χ4n) is 4.85.